The Morgan fingerprint density at radius 1 is 0.882 bits per heavy atom. The number of pyridine rings is 1. The van der Waals surface area contributed by atoms with Crippen LogP contribution < -0.4 is 10.0 Å². The Balaban J connectivity index is 1.55. The predicted octanol–water partition coefficient (Wildman–Crippen LogP) is 3.45. The fraction of sp³-hybridized carbons (Fsp3) is 0.240. The molecular weight excluding hydrogens is 454 g/mol. The van der Waals surface area contributed by atoms with E-state index in [1.54, 1.807) is 6.07 Å². The molecule has 3 aromatic rings. The number of ether oxygens (including phenoxy) is 1. The van der Waals surface area contributed by atoms with Crippen LogP contribution in [0.1, 0.15) is 51.7 Å². The van der Waals surface area contributed by atoms with Crippen molar-refractivity contribution in [1.82, 2.24) is 15.0 Å². The SMILES string of the molecule is CCCCNC(=O)c1ccc(S(=O)(=O)NC(=O)c2ccc(COCc3ccccc3)nc2)cc1. The lowest BCUT2D eigenvalue weighted by Crippen LogP contribution is -2.30. The summed E-state index contributed by atoms with van der Waals surface area (Å²) in [5.74, 6) is -1.08. The fourth-order valence-electron chi connectivity index (χ4n) is 3.00. The minimum atomic E-state index is -4.11. The van der Waals surface area contributed by atoms with E-state index in [2.05, 4.69) is 10.3 Å². The van der Waals surface area contributed by atoms with Crippen LogP contribution in [0, 0.1) is 0 Å². The summed E-state index contributed by atoms with van der Waals surface area (Å²) in [6, 6.07) is 18.2. The first kappa shape index (κ1) is 25.1. The van der Waals surface area contributed by atoms with Crippen molar-refractivity contribution in [3.05, 3.63) is 95.3 Å². The molecule has 0 aliphatic carbocycles. The van der Waals surface area contributed by atoms with Gasteiger partial charge in [0.15, 0.2) is 0 Å². The molecule has 1 heterocycles. The maximum atomic E-state index is 12.6. The molecule has 0 saturated heterocycles. The smallest absolute Gasteiger partial charge is 0.266 e. The van der Waals surface area contributed by atoms with Crippen LogP contribution in [0.15, 0.2) is 77.8 Å². The Labute approximate surface area is 199 Å². The minimum absolute atomic E-state index is 0.0994. The predicted molar refractivity (Wildman–Crippen MR) is 128 cm³/mol. The molecule has 0 spiro atoms. The topological polar surface area (TPSA) is 114 Å². The fourth-order valence-corrected chi connectivity index (χ4v) is 3.97. The second-order valence-electron chi connectivity index (χ2n) is 7.59. The molecule has 8 nitrogen and oxygen atoms in total. The number of hydrogen-bond donors (Lipinski definition) is 2. The zero-order chi connectivity index (χ0) is 24.4. The van der Waals surface area contributed by atoms with Crippen molar-refractivity contribution < 1.29 is 22.7 Å². The van der Waals surface area contributed by atoms with Gasteiger partial charge in [-0.05, 0) is 48.4 Å². The van der Waals surface area contributed by atoms with Crippen LogP contribution in [0.25, 0.3) is 0 Å². The van der Waals surface area contributed by atoms with E-state index in [1.165, 1.54) is 36.5 Å². The first-order chi connectivity index (χ1) is 16.4. The lowest BCUT2D eigenvalue weighted by atomic mass is 10.2. The number of benzene rings is 2. The molecule has 2 N–H and O–H groups in total. The molecule has 0 radical (unpaired) electrons. The highest BCUT2D eigenvalue weighted by molar-refractivity contribution is 7.90. The normalized spacial score (nSPS) is 11.1. The first-order valence-corrected chi connectivity index (χ1v) is 12.4. The highest BCUT2D eigenvalue weighted by Gasteiger charge is 2.19. The summed E-state index contributed by atoms with van der Waals surface area (Å²) >= 11 is 0. The van der Waals surface area contributed by atoms with Crippen molar-refractivity contribution in [2.24, 2.45) is 0 Å². The van der Waals surface area contributed by atoms with Gasteiger partial charge in [0.05, 0.1) is 29.4 Å². The third-order valence-corrected chi connectivity index (χ3v) is 6.27. The molecule has 0 unspecified atom stereocenters. The number of carbonyl (C=O) groups is 2. The van der Waals surface area contributed by atoms with Gasteiger partial charge >= 0.3 is 0 Å². The van der Waals surface area contributed by atoms with Gasteiger partial charge in [0.1, 0.15) is 0 Å². The number of nitrogens with one attached hydrogen (secondary N) is 2. The molecule has 178 valence electrons. The molecule has 9 heteroatoms. The maximum absolute atomic E-state index is 12.6. The maximum Gasteiger partial charge on any atom is 0.266 e. The average Bonchev–Trinajstić information content (AvgIpc) is 2.85. The van der Waals surface area contributed by atoms with E-state index < -0.39 is 15.9 Å². The van der Waals surface area contributed by atoms with Gasteiger partial charge in [-0.25, -0.2) is 13.1 Å². The molecular formula is C25H27N3O5S. The van der Waals surface area contributed by atoms with Crippen molar-refractivity contribution in [2.45, 2.75) is 37.9 Å². The molecule has 0 saturated carbocycles. The molecule has 0 aliphatic rings. The second kappa shape index (κ2) is 12.1. The summed E-state index contributed by atoms with van der Waals surface area (Å²) in [6.07, 6.45) is 3.12. The van der Waals surface area contributed by atoms with Gasteiger partial charge in [-0.3, -0.25) is 14.6 Å². The molecule has 3 rings (SSSR count). The average molecular weight is 482 g/mol. The Hall–Kier alpha value is -3.56. The van der Waals surface area contributed by atoms with Crippen LogP contribution in [0.2, 0.25) is 0 Å². The lowest BCUT2D eigenvalue weighted by molar-refractivity contribution is 0.0950. The van der Waals surface area contributed by atoms with Gasteiger partial charge in [0.25, 0.3) is 21.8 Å². The van der Waals surface area contributed by atoms with Gasteiger partial charge in [0.2, 0.25) is 0 Å². The Kier molecular flexibility index (Phi) is 8.89. The highest BCUT2D eigenvalue weighted by atomic mass is 32.2. The quantitative estimate of drug-likeness (QED) is 0.406. The molecule has 0 bridgehead atoms. The van der Waals surface area contributed by atoms with E-state index in [1.807, 2.05) is 42.0 Å². The first-order valence-electron chi connectivity index (χ1n) is 10.9. The summed E-state index contributed by atoms with van der Waals surface area (Å²) in [6.45, 7) is 3.26. The zero-order valence-corrected chi connectivity index (χ0v) is 19.7. The summed E-state index contributed by atoms with van der Waals surface area (Å²) in [5.41, 5.74) is 2.09. The zero-order valence-electron chi connectivity index (χ0n) is 18.9. The number of nitrogens with zero attached hydrogens (tertiary/aromatic N) is 1. The Bertz CT molecular complexity index is 1200. The van der Waals surface area contributed by atoms with Crippen molar-refractivity contribution in [2.75, 3.05) is 6.54 Å². The van der Waals surface area contributed by atoms with E-state index in [9.17, 15) is 18.0 Å². The number of rotatable bonds is 11. The van der Waals surface area contributed by atoms with Crippen molar-refractivity contribution in [1.29, 1.82) is 0 Å². The summed E-state index contributed by atoms with van der Waals surface area (Å²) in [4.78, 5) is 28.6. The highest BCUT2D eigenvalue weighted by Crippen LogP contribution is 2.12. The molecule has 0 atom stereocenters. The van der Waals surface area contributed by atoms with Crippen LogP contribution in [-0.4, -0.2) is 31.8 Å². The standard InChI is InChI=1S/C25H27N3O5S/c1-2-3-15-26-24(29)20-10-13-23(14-11-20)34(31,32)28-25(30)21-9-12-22(27-16-21)18-33-17-19-7-5-4-6-8-19/h4-14,16H,2-3,15,17-18H2,1H3,(H,26,29)(H,28,30). The summed E-state index contributed by atoms with van der Waals surface area (Å²) in [5, 5.41) is 2.76. The second-order valence-corrected chi connectivity index (χ2v) is 9.27. The molecule has 2 aromatic carbocycles. The van der Waals surface area contributed by atoms with E-state index in [-0.39, 0.29) is 23.0 Å². The monoisotopic (exact) mass is 481 g/mol. The van der Waals surface area contributed by atoms with Gasteiger partial charge in [-0.2, -0.15) is 0 Å². The minimum Gasteiger partial charge on any atom is -0.370 e. The van der Waals surface area contributed by atoms with Gasteiger partial charge < -0.3 is 10.1 Å². The molecule has 34 heavy (non-hydrogen) atoms. The van der Waals surface area contributed by atoms with Crippen molar-refractivity contribution in [3.8, 4) is 0 Å². The third kappa shape index (κ3) is 7.23. The van der Waals surface area contributed by atoms with E-state index in [0.717, 1.165) is 18.4 Å². The van der Waals surface area contributed by atoms with E-state index in [0.29, 0.717) is 24.4 Å². The number of aromatic nitrogens is 1. The van der Waals surface area contributed by atoms with Crippen molar-refractivity contribution >= 4 is 21.8 Å². The van der Waals surface area contributed by atoms with Crippen LogP contribution in [-0.2, 0) is 28.0 Å². The number of carbonyl (C=O) groups excluding carboxylic acids is 2. The number of unbranched alkanes of at least 4 members (excludes halogenated alkanes) is 1. The Morgan fingerprint density at radius 2 is 1.59 bits per heavy atom. The van der Waals surface area contributed by atoms with Crippen LogP contribution in [0.5, 0.6) is 0 Å². The molecule has 1 aromatic heterocycles. The third-order valence-electron chi connectivity index (χ3n) is 4.92. The molecule has 0 aliphatic heterocycles. The number of hydrogen-bond acceptors (Lipinski definition) is 6. The number of amides is 2. The van der Waals surface area contributed by atoms with Gasteiger partial charge in [-0.15, -0.1) is 0 Å². The van der Waals surface area contributed by atoms with Crippen LogP contribution >= 0.6 is 0 Å². The van der Waals surface area contributed by atoms with Crippen molar-refractivity contribution in [3.63, 3.8) is 0 Å². The van der Waals surface area contributed by atoms with Gasteiger partial charge in [0, 0.05) is 18.3 Å². The molecule has 0 fully saturated rings. The van der Waals surface area contributed by atoms with E-state index in [4.69, 9.17) is 4.74 Å². The van der Waals surface area contributed by atoms with Gasteiger partial charge in [-0.1, -0.05) is 43.7 Å². The lowest BCUT2D eigenvalue weighted by Gasteiger charge is -2.09. The van der Waals surface area contributed by atoms with E-state index >= 15 is 0 Å². The summed E-state index contributed by atoms with van der Waals surface area (Å²) in [7, 11) is -4.11. The molecule has 2 amide bonds. The number of sulfonamides is 1. The van der Waals surface area contributed by atoms with Crippen LogP contribution in [0.3, 0.4) is 0 Å². The largest absolute Gasteiger partial charge is 0.370 e. The van der Waals surface area contributed by atoms with Crippen LogP contribution in [0.4, 0.5) is 0 Å². The summed E-state index contributed by atoms with van der Waals surface area (Å²) < 4.78 is 32.8. The Morgan fingerprint density at radius 3 is 2.24 bits per heavy atom.